The molecule has 2 aromatic rings. The topological polar surface area (TPSA) is 97.6 Å². The number of amides is 1. The lowest BCUT2D eigenvalue weighted by Crippen LogP contribution is -2.57. The van der Waals surface area contributed by atoms with Gasteiger partial charge in [0, 0.05) is 51.6 Å². The van der Waals surface area contributed by atoms with E-state index in [9.17, 15) is 13.2 Å². The lowest BCUT2D eigenvalue weighted by Gasteiger charge is -2.38. The van der Waals surface area contributed by atoms with Crippen LogP contribution in [-0.4, -0.2) is 78.6 Å². The first kappa shape index (κ1) is 18.9. The molecule has 2 saturated heterocycles. The third-order valence-electron chi connectivity index (χ3n) is 5.46. The maximum Gasteiger partial charge on any atom is 0.253 e. The van der Waals surface area contributed by atoms with E-state index in [0.29, 0.717) is 5.56 Å². The van der Waals surface area contributed by atoms with Gasteiger partial charge in [-0.2, -0.15) is 0 Å². The average molecular weight is 405 g/mol. The Labute approximate surface area is 163 Å². The molecular formula is C18H23N5O4S. The number of sulfone groups is 1. The lowest BCUT2D eigenvalue weighted by atomic mass is 10.1. The summed E-state index contributed by atoms with van der Waals surface area (Å²) in [6, 6.07) is 7.45. The van der Waals surface area contributed by atoms with Crippen LogP contribution < -0.4 is 4.90 Å². The van der Waals surface area contributed by atoms with Crippen LogP contribution in [0.4, 0.5) is 5.69 Å². The number of ether oxygens (including phenoxy) is 1. The normalized spacial score (nSPS) is 20.4. The van der Waals surface area contributed by atoms with Crippen LogP contribution in [0.3, 0.4) is 0 Å². The van der Waals surface area contributed by atoms with Gasteiger partial charge in [0.15, 0.2) is 0 Å². The van der Waals surface area contributed by atoms with Gasteiger partial charge in [0.25, 0.3) is 5.91 Å². The van der Waals surface area contributed by atoms with Crippen LogP contribution in [0, 0.1) is 0 Å². The zero-order valence-electron chi connectivity index (χ0n) is 15.9. The van der Waals surface area contributed by atoms with Gasteiger partial charge in [-0.15, -0.1) is 10.2 Å². The molecule has 1 aromatic carbocycles. The Bertz CT molecular complexity index is 966. The van der Waals surface area contributed by atoms with Crippen molar-refractivity contribution >= 4 is 21.4 Å². The number of nitrogens with zero attached hydrogens (tertiary/aromatic N) is 5. The van der Waals surface area contributed by atoms with E-state index in [1.165, 1.54) is 10.9 Å². The third kappa shape index (κ3) is 3.26. The number of likely N-dealkylation sites (tertiary alicyclic amines) is 1. The van der Waals surface area contributed by atoms with Crippen molar-refractivity contribution in [2.75, 3.05) is 38.2 Å². The monoisotopic (exact) mass is 405 g/mol. The van der Waals surface area contributed by atoms with Gasteiger partial charge in [-0.3, -0.25) is 4.79 Å². The Morgan fingerprint density at radius 2 is 1.89 bits per heavy atom. The molecule has 10 heteroatoms. The summed E-state index contributed by atoms with van der Waals surface area (Å²) in [5, 5.41) is 6.60. The van der Waals surface area contributed by atoms with E-state index >= 15 is 0 Å². The van der Waals surface area contributed by atoms with E-state index in [1.54, 1.807) is 31.2 Å². The Hall–Kier alpha value is -2.46. The number of aromatic nitrogens is 3. The van der Waals surface area contributed by atoms with Gasteiger partial charge < -0.3 is 19.1 Å². The smallest absolute Gasteiger partial charge is 0.253 e. The van der Waals surface area contributed by atoms with Crippen molar-refractivity contribution in [1.29, 1.82) is 0 Å². The van der Waals surface area contributed by atoms with Gasteiger partial charge >= 0.3 is 0 Å². The van der Waals surface area contributed by atoms with Crippen LogP contribution in [0.15, 0.2) is 35.7 Å². The zero-order chi connectivity index (χ0) is 19.9. The van der Waals surface area contributed by atoms with Gasteiger partial charge in [-0.25, -0.2) is 8.42 Å². The van der Waals surface area contributed by atoms with E-state index in [4.69, 9.17) is 4.74 Å². The van der Waals surface area contributed by atoms with E-state index < -0.39 is 15.1 Å². The summed E-state index contributed by atoms with van der Waals surface area (Å²) in [5.41, 5.74) is 1.61. The highest BCUT2D eigenvalue weighted by Gasteiger charge is 2.42. The van der Waals surface area contributed by atoms with Crippen molar-refractivity contribution < 1.29 is 17.9 Å². The maximum absolute atomic E-state index is 12.6. The summed E-state index contributed by atoms with van der Waals surface area (Å²) in [5.74, 6) is -0.160. The number of hydrogen-bond donors (Lipinski definition) is 0. The number of carbonyl (C=O) groups is 1. The van der Waals surface area contributed by atoms with Crippen LogP contribution in [-0.2, 0) is 21.6 Å². The molecule has 0 bridgehead atoms. The third-order valence-corrected chi connectivity index (χ3v) is 7.51. The Morgan fingerprint density at radius 3 is 2.46 bits per heavy atom. The number of anilines is 1. The minimum atomic E-state index is -3.59. The highest BCUT2D eigenvalue weighted by Crippen LogP contribution is 2.26. The fourth-order valence-electron chi connectivity index (χ4n) is 3.63. The summed E-state index contributed by atoms with van der Waals surface area (Å²) in [4.78, 5) is 16.4. The quantitative estimate of drug-likeness (QED) is 0.707. The molecule has 0 aliphatic carbocycles. The fourth-order valence-corrected chi connectivity index (χ4v) is 5.29. The first-order chi connectivity index (χ1) is 13.4. The van der Waals surface area contributed by atoms with Gasteiger partial charge in [-0.1, -0.05) is 0 Å². The molecule has 1 atom stereocenters. The van der Waals surface area contributed by atoms with E-state index in [0.717, 1.165) is 25.2 Å². The molecule has 2 fully saturated rings. The molecule has 28 heavy (non-hydrogen) atoms. The standard InChI is InChI=1S/C18H23N5O4S/c1-21-12-19-20-18(21)28(25,26)16-10-23(11-16)17(24)13-3-5-14(6-4-13)22-8-7-15(9-22)27-2/h3-6,12,15-16H,7-11H2,1-2H3. The second-order valence-electron chi connectivity index (χ2n) is 7.24. The molecule has 1 amide bonds. The van der Waals surface area contributed by atoms with Gasteiger partial charge in [0.2, 0.25) is 15.0 Å². The fraction of sp³-hybridized carbons (Fsp3) is 0.500. The number of hydrogen-bond acceptors (Lipinski definition) is 7. The van der Waals surface area contributed by atoms with Crippen molar-refractivity contribution in [2.24, 2.45) is 7.05 Å². The first-order valence-electron chi connectivity index (χ1n) is 9.15. The molecule has 9 nitrogen and oxygen atoms in total. The maximum atomic E-state index is 12.6. The van der Waals surface area contributed by atoms with Gasteiger partial charge in [0.1, 0.15) is 11.6 Å². The number of methoxy groups -OCH3 is 1. The first-order valence-corrected chi connectivity index (χ1v) is 10.7. The van der Waals surface area contributed by atoms with E-state index in [2.05, 4.69) is 15.1 Å². The largest absolute Gasteiger partial charge is 0.380 e. The SMILES string of the molecule is COC1CCN(c2ccc(C(=O)N3CC(S(=O)(=O)c4nncn4C)C3)cc2)C1. The van der Waals surface area contributed by atoms with Crippen LogP contribution in [0.1, 0.15) is 16.8 Å². The number of aryl methyl sites for hydroxylation is 1. The molecule has 4 rings (SSSR count). The Balaban J connectivity index is 1.38. The van der Waals surface area contributed by atoms with Crippen LogP contribution >= 0.6 is 0 Å². The predicted octanol–water partition coefficient (Wildman–Crippen LogP) is 0.339. The summed E-state index contributed by atoms with van der Waals surface area (Å²) < 4.78 is 31.9. The zero-order valence-corrected chi connectivity index (χ0v) is 16.7. The number of rotatable bonds is 5. The van der Waals surface area contributed by atoms with E-state index in [-0.39, 0.29) is 30.3 Å². The summed E-state index contributed by atoms with van der Waals surface area (Å²) in [6.07, 6.45) is 2.59. The Kier molecular flexibility index (Phi) is 4.84. The average Bonchev–Trinajstić information content (AvgIpc) is 3.29. The van der Waals surface area contributed by atoms with Gasteiger partial charge in [-0.05, 0) is 30.7 Å². The molecule has 1 aromatic heterocycles. The van der Waals surface area contributed by atoms with Crippen LogP contribution in [0.5, 0.6) is 0 Å². The molecule has 2 aliphatic rings. The molecule has 2 aliphatic heterocycles. The van der Waals surface area contributed by atoms with Crippen LogP contribution in [0.25, 0.3) is 0 Å². The van der Waals surface area contributed by atoms with Crippen LogP contribution in [0.2, 0.25) is 0 Å². The molecule has 0 spiro atoms. The highest BCUT2D eigenvalue weighted by molar-refractivity contribution is 7.92. The summed E-state index contributed by atoms with van der Waals surface area (Å²) >= 11 is 0. The van der Waals surface area contributed by atoms with Gasteiger partial charge in [0.05, 0.1) is 6.10 Å². The van der Waals surface area contributed by atoms with Crippen molar-refractivity contribution in [2.45, 2.75) is 22.9 Å². The summed E-state index contributed by atoms with van der Waals surface area (Å²) in [7, 11) is -0.275. The lowest BCUT2D eigenvalue weighted by molar-refractivity contribution is 0.0658. The predicted molar refractivity (Wildman–Crippen MR) is 102 cm³/mol. The van der Waals surface area contributed by atoms with Crippen molar-refractivity contribution in [1.82, 2.24) is 19.7 Å². The van der Waals surface area contributed by atoms with Crippen molar-refractivity contribution in [3.63, 3.8) is 0 Å². The second-order valence-corrected chi connectivity index (χ2v) is 9.36. The minimum absolute atomic E-state index is 0.0612. The molecule has 1 unspecified atom stereocenters. The molecule has 0 radical (unpaired) electrons. The van der Waals surface area contributed by atoms with Crippen molar-refractivity contribution in [3.8, 4) is 0 Å². The Morgan fingerprint density at radius 1 is 1.18 bits per heavy atom. The molecule has 0 saturated carbocycles. The van der Waals surface area contributed by atoms with E-state index in [1.807, 2.05) is 12.1 Å². The molecule has 0 N–H and O–H groups in total. The van der Waals surface area contributed by atoms with Crippen molar-refractivity contribution in [3.05, 3.63) is 36.2 Å². The minimum Gasteiger partial charge on any atom is -0.380 e. The highest BCUT2D eigenvalue weighted by atomic mass is 32.2. The second kappa shape index (κ2) is 7.17. The molecule has 3 heterocycles. The number of carbonyl (C=O) groups excluding carboxylic acids is 1. The summed E-state index contributed by atoms with van der Waals surface area (Å²) in [6.45, 7) is 2.10. The molecule has 150 valence electrons. The number of benzene rings is 1. The molecular weight excluding hydrogens is 382 g/mol.